The van der Waals surface area contributed by atoms with Crippen LogP contribution < -0.4 is 5.56 Å². The van der Waals surface area contributed by atoms with E-state index in [-0.39, 0.29) is 5.56 Å². The average molecular weight is 325 g/mol. The van der Waals surface area contributed by atoms with Crippen LogP contribution in [0.3, 0.4) is 0 Å². The summed E-state index contributed by atoms with van der Waals surface area (Å²) in [5.74, 6) is 1.01. The van der Waals surface area contributed by atoms with Gasteiger partial charge in [-0.15, -0.1) is 0 Å². The molecule has 0 bridgehead atoms. The van der Waals surface area contributed by atoms with Gasteiger partial charge in [-0.1, -0.05) is 13.8 Å². The van der Waals surface area contributed by atoms with Crippen LogP contribution in [0.2, 0.25) is 0 Å². The van der Waals surface area contributed by atoms with Crippen LogP contribution in [-0.4, -0.2) is 19.7 Å². The number of nitrogens with zero attached hydrogens (tertiary/aromatic N) is 3. The third-order valence-corrected chi connectivity index (χ3v) is 3.58. The lowest BCUT2D eigenvalue weighted by molar-refractivity contribution is 0.631. The molecule has 19 heavy (non-hydrogen) atoms. The van der Waals surface area contributed by atoms with Crippen LogP contribution in [0.4, 0.5) is 0 Å². The monoisotopic (exact) mass is 324 g/mol. The van der Waals surface area contributed by atoms with Crippen molar-refractivity contribution in [3.63, 3.8) is 0 Å². The van der Waals surface area contributed by atoms with E-state index in [4.69, 9.17) is 0 Å². The summed E-state index contributed by atoms with van der Waals surface area (Å²) in [4.78, 5) is 19.2. The molecule has 5 nitrogen and oxygen atoms in total. The van der Waals surface area contributed by atoms with Crippen LogP contribution in [0.1, 0.15) is 26.5 Å². The minimum Gasteiger partial charge on any atom is -0.305 e. The lowest BCUT2D eigenvalue weighted by Crippen LogP contribution is -2.14. The quantitative estimate of drug-likeness (QED) is 0.940. The molecule has 0 saturated carbocycles. The minimum absolute atomic E-state index is 0.148. The fraction of sp³-hybridized carbons (Fsp3) is 0.462. The molecule has 0 atom stereocenters. The number of nitrogens with one attached hydrogen (secondary N) is 1. The molecule has 0 fully saturated rings. The summed E-state index contributed by atoms with van der Waals surface area (Å²) in [5.41, 5.74) is 1.47. The molecule has 0 amide bonds. The number of aryl methyl sites for hydroxylation is 1. The predicted octanol–water partition coefficient (Wildman–Crippen LogP) is 2.61. The molecule has 0 aromatic carbocycles. The Morgan fingerprint density at radius 3 is 2.79 bits per heavy atom. The molecule has 0 radical (unpaired) electrons. The highest BCUT2D eigenvalue weighted by Crippen LogP contribution is 2.18. The number of aromatic nitrogens is 4. The second-order valence-corrected chi connectivity index (χ2v) is 5.65. The first-order valence-corrected chi connectivity index (χ1v) is 7.12. The zero-order valence-corrected chi connectivity index (χ0v) is 12.9. The van der Waals surface area contributed by atoms with E-state index in [1.165, 1.54) is 0 Å². The standard InChI is InChI=1S/C13H17BrN4O/c1-4-18-7-9(6-15-18)12-16-10(5-8(2)3)11(14)13(19)17-12/h6-8H,4-5H2,1-3H3,(H,16,17,19). The maximum Gasteiger partial charge on any atom is 0.265 e. The summed E-state index contributed by atoms with van der Waals surface area (Å²) in [5, 5.41) is 4.20. The molecule has 102 valence electrons. The minimum atomic E-state index is -0.148. The smallest absolute Gasteiger partial charge is 0.265 e. The Bertz CT molecular complexity index is 630. The van der Waals surface area contributed by atoms with Crippen molar-refractivity contribution in [2.75, 3.05) is 0 Å². The Labute approximate surface area is 120 Å². The summed E-state index contributed by atoms with van der Waals surface area (Å²) in [6.45, 7) is 7.01. The maximum atomic E-state index is 11.9. The molecular formula is C13H17BrN4O. The Balaban J connectivity index is 2.46. The molecule has 2 aromatic rings. The number of H-pyrrole nitrogens is 1. The molecule has 0 aliphatic carbocycles. The summed E-state index contributed by atoms with van der Waals surface area (Å²) in [6, 6.07) is 0. The van der Waals surface area contributed by atoms with Gasteiger partial charge in [0.1, 0.15) is 10.3 Å². The van der Waals surface area contributed by atoms with E-state index >= 15 is 0 Å². The van der Waals surface area contributed by atoms with Crippen molar-refractivity contribution in [2.24, 2.45) is 5.92 Å². The van der Waals surface area contributed by atoms with Crippen molar-refractivity contribution in [1.82, 2.24) is 19.7 Å². The summed E-state index contributed by atoms with van der Waals surface area (Å²) in [7, 11) is 0. The molecular weight excluding hydrogens is 308 g/mol. The van der Waals surface area contributed by atoms with E-state index in [1.54, 1.807) is 10.9 Å². The first-order valence-electron chi connectivity index (χ1n) is 6.32. The van der Waals surface area contributed by atoms with Crippen molar-refractivity contribution in [1.29, 1.82) is 0 Å². The van der Waals surface area contributed by atoms with E-state index in [1.807, 2.05) is 13.1 Å². The van der Waals surface area contributed by atoms with Crippen LogP contribution in [0.5, 0.6) is 0 Å². The molecule has 0 saturated heterocycles. The Morgan fingerprint density at radius 1 is 1.47 bits per heavy atom. The first kappa shape index (κ1) is 14.0. The van der Waals surface area contributed by atoms with E-state index in [2.05, 4.69) is 44.8 Å². The van der Waals surface area contributed by atoms with Crippen molar-refractivity contribution in [3.05, 3.63) is 32.9 Å². The molecule has 0 aliphatic heterocycles. The topological polar surface area (TPSA) is 63.6 Å². The van der Waals surface area contributed by atoms with Gasteiger partial charge in [0.05, 0.1) is 17.5 Å². The number of rotatable bonds is 4. The van der Waals surface area contributed by atoms with Crippen molar-refractivity contribution in [2.45, 2.75) is 33.7 Å². The van der Waals surface area contributed by atoms with Crippen LogP contribution in [0, 0.1) is 5.92 Å². The van der Waals surface area contributed by atoms with Gasteiger partial charge >= 0.3 is 0 Å². The number of halogens is 1. The Kier molecular flexibility index (Phi) is 4.19. The van der Waals surface area contributed by atoms with Crippen molar-refractivity contribution >= 4 is 15.9 Å². The van der Waals surface area contributed by atoms with E-state index in [0.717, 1.165) is 24.2 Å². The van der Waals surface area contributed by atoms with Crippen LogP contribution in [0.15, 0.2) is 21.7 Å². The summed E-state index contributed by atoms with van der Waals surface area (Å²) < 4.78 is 2.33. The van der Waals surface area contributed by atoms with Crippen molar-refractivity contribution < 1.29 is 0 Å². The third kappa shape index (κ3) is 3.12. The highest BCUT2D eigenvalue weighted by molar-refractivity contribution is 9.10. The number of hydrogen-bond acceptors (Lipinski definition) is 3. The molecule has 2 rings (SSSR count). The molecule has 0 aliphatic rings. The SMILES string of the molecule is CCn1cc(-c2nc(CC(C)C)c(Br)c(=O)[nH]2)cn1. The van der Waals surface area contributed by atoms with Gasteiger partial charge in [-0.25, -0.2) is 4.98 Å². The van der Waals surface area contributed by atoms with Gasteiger partial charge in [-0.2, -0.15) is 5.10 Å². The van der Waals surface area contributed by atoms with E-state index < -0.39 is 0 Å². The fourth-order valence-corrected chi connectivity index (χ4v) is 2.17. The lowest BCUT2D eigenvalue weighted by atomic mass is 10.1. The van der Waals surface area contributed by atoms with Gasteiger partial charge in [0, 0.05) is 12.7 Å². The first-order chi connectivity index (χ1) is 9.01. The normalized spacial score (nSPS) is 11.2. The summed E-state index contributed by atoms with van der Waals surface area (Å²) in [6.07, 6.45) is 4.36. The molecule has 0 spiro atoms. The average Bonchev–Trinajstić information content (AvgIpc) is 2.82. The van der Waals surface area contributed by atoms with Gasteiger partial charge in [0.25, 0.3) is 5.56 Å². The molecule has 2 aromatic heterocycles. The zero-order valence-electron chi connectivity index (χ0n) is 11.3. The molecule has 0 unspecified atom stereocenters. The van der Waals surface area contributed by atoms with E-state index in [0.29, 0.717) is 16.2 Å². The van der Waals surface area contributed by atoms with Gasteiger partial charge in [0.15, 0.2) is 0 Å². The van der Waals surface area contributed by atoms with Crippen LogP contribution >= 0.6 is 15.9 Å². The number of aromatic amines is 1. The Hall–Kier alpha value is -1.43. The van der Waals surface area contributed by atoms with Gasteiger partial charge in [0.2, 0.25) is 0 Å². The van der Waals surface area contributed by atoms with Gasteiger partial charge < -0.3 is 4.98 Å². The highest BCUT2D eigenvalue weighted by Gasteiger charge is 2.12. The Morgan fingerprint density at radius 2 is 2.21 bits per heavy atom. The van der Waals surface area contributed by atoms with Crippen molar-refractivity contribution in [3.8, 4) is 11.4 Å². The molecule has 1 N–H and O–H groups in total. The molecule has 2 heterocycles. The third-order valence-electron chi connectivity index (χ3n) is 2.76. The zero-order chi connectivity index (χ0) is 14.0. The summed E-state index contributed by atoms with van der Waals surface area (Å²) >= 11 is 3.31. The van der Waals surface area contributed by atoms with Crippen LogP contribution in [0.25, 0.3) is 11.4 Å². The predicted molar refractivity (Wildman–Crippen MR) is 78.0 cm³/mol. The second kappa shape index (κ2) is 5.69. The van der Waals surface area contributed by atoms with E-state index in [9.17, 15) is 4.79 Å². The lowest BCUT2D eigenvalue weighted by Gasteiger charge is -2.07. The maximum absolute atomic E-state index is 11.9. The van der Waals surface area contributed by atoms with Gasteiger partial charge in [-0.3, -0.25) is 9.48 Å². The second-order valence-electron chi connectivity index (χ2n) is 4.86. The molecule has 6 heteroatoms. The van der Waals surface area contributed by atoms with Gasteiger partial charge in [-0.05, 0) is 35.2 Å². The van der Waals surface area contributed by atoms with Crippen LogP contribution in [-0.2, 0) is 13.0 Å². The highest BCUT2D eigenvalue weighted by atomic mass is 79.9. The fourth-order valence-electron chi connectivity index (χ4n) is 1.82. The number of hydrogen-bond donors (Lipinski definition) is 1. The largest absolute Gasteiger partial charge is 0.305 e.